The molecule has 0 saturated heterocycles. The highest BCUT2D eigenvalue weighted by atomic mass is 32.2. The lowest BCUT2D eigenvalue weighted by Crippen LogP contribution is -2.37. The molecule has 12 nitrogen and oxygen atoms in total. The van der Waals surface area contributed by atoms with Crippen molar-refractivity contribution in [2.75, 3.05) is 52.4 Å². The Kier molecular flexibility index (Phi) is 19.8. The minimum Gasteiger partial charge on any atom is -0.207 e. The number of unbranched alkanes of at least 4 members (excludes halogenated alkanes) is 3. The Hall–Kier alpha value is -3.48. The van der Waals surface area contributed by atoms with E-state index in [1.54, 1.807) is 41.5 Å². The maximum absolute atomic E-state index is 14.6. The lowest BCUT2D eigenvalue weighted by atomic mass is 10.1. The van der Waals surface area contributed by atoms with Gasteiger partial charge in [-0.2, -0.15) is 17.2 Å². The van der Waals surface area contributed by atoms with Gasteiger partial charge in [-0.3, -0.25) is 0 Å². The van der Waals surface area contributed by atoms with E-state index in [0.717, 1.165) is 22.3 Å². The summed E-state index contributed by atoms with van der Waals surface area (Å²) in [6.07, 6.45) is 2.38. The first-order valence-electron chi connectivity index (χ1n) is 23.9. The maximum Gasteiger partial charge on any atom is 0.243 e. The Labute approximate surface area is 411 Å². The predicted octanol–water partition coefficient (Wildman–Crippen LogP) is 9.83. The van der Waals surface area contributed by atoms with Crippen LogP contribution in [-0.2, 0) is 40.1 Å². The van der Waals surface area contributed by atoms with Gasteiger partial charge in [-0.1, -0.05) is 84.6 Å². The van der Waals surface area contributed by atoms with Crippen LogP contribution in [-0.4, -0.2) is 103 Å². The van der Waals surface area contributed by atoms with Gasteiger partial charge in [0, 0.05) is 52.4 Å². The Bertz CT molecular complexity index is 2610. The molecule has 4 aromatic rings. The highest BCUT2D eigenvalue weighted by molar-refractivity contribution is 7.90. The van der Waals surface area contributed by atoms with E-state index in [0.29, 0.717) is 92.8 Å². The van der Waals surface area contributed by atoms with Gasteiger partial charge in [-0.05, 0) is 166 Å². The van der Waals surface area contributed by atoms with Crippen molar-refractivity contribution >= 4 is 40.1 Å². The van der Waals surface area contributed by atoms with E-state index in [9.17, 15) is 33.7 Å². The van der Waals surface area contributed by atoms with Crippen molar-refractivity contribution in [1.82, 2.24) is 17.2 Å². The molecular formula is C52H78N4O8S4. The van der Waals surface area contributed by atoms with E-state index >= 15 is 0 Å². The van der Waals surface area contributed by atoms with E-state index in [1.807, 2.05) is 104 Å². The molecule has 378 valence electrons. The zero-order valence-electron chi connectivity index (χ0n) is 43.2. The van der Waals surface area contributed by atoms with Crippen molar-refractivity contribution in [2.45, 2.75) is 155 Å². The first-order valence-corrected chi connectivity index (χ1v) is 29.7. The van der Waals surface area contributed by atoms with Crippen molar-refractivity contribution in [2.24, 2.45) is 0 Å². The van der Waals surface area contributed by atoms with Crippen LogP contribution in [0.3, 0.4) is 0 Å². The van der Waals surface area contributed by atoms with Crippen LogP contribution in [0.15, 0.2) is 68.1 Å². The Morgan fingerprint density at radius 1 is 0.279 bits per heavy atom. The minimum absolute atomic E-state index is 0.129. The fourth-order valence-corrected chi connectivity index (χ4v) is 17.8. The van der Waals surface area contributed by atoms with Crippen LogP contribution in [0, 0.1) is 83.1 Å². The molecule has 4 aromatic carbocycles. The topological polar surface area (TPSA) is 150 Å². The first-order chi connectivity index (χ1) is 31.6. The fourth-order valence-electron chi connectivity index (χ4n) is 10.1. The molecule has 0 saturated carbocycles. The van der Waals surface area contributed by atoms with Crippen LogP contribution in [0.2, 0.25) is 0 Å². The molecule has 0 bridgehead atoms. The second-order valence-corrected chi connectivity index (χ2v) is 26.3. The summed E-state index contributed by atoms with van der Waals surface area (Å²) < 4.78 is 120. The summed E-state index contributed by atoms with van der Waals surface area (Å²) in [6.45, 7) is 27.3. The summed E-state index contributed by atoms with van der Waals surface area (Å²) in [6, 6.07) is 14.9. The number of sulfonamides is 4. The lowest BCUT2D eigenvalue weighted by Gasteiger charge is -2.27. The normalized spacial score (nSPS) is 12.9. The lowest BCUT2D eigenvalue weighted by molar-refractivity contribution is 0.346. The van der Waals surface area contributed by atoms with Gasteiger partial charge >= 0.3 is 0 Å². The molecule has 0 aromatic heterocycles. The molecule has 0 unspecified atom stereocenters. The minimum atomic E-state index is -4.01. The standard InChI is InChI=1S/C52H78N4O8S4/c1-15-53(65(57,58)49-41(7)29-37(3)30-42(49)8)23-17-19-25-55(67(61,62)51-45(11)33-39(5)34-46(51)12)27-21-22-28-56(68(63,64)52-47(13)35-40(6)36-48(52)14)26-20-18-24-54(16-2)66(59,60)50-43(9)31-38(4)32-44(50)10/h29-36H,15-28H2,1-14H3. The van der Waals surface area contributed by atoms with Crippen molar-refractivity contribution in [3.63, 3.8) is 0 Å². The number of aryl methyl sites for hydroxylation is 12. The molecule has 4 rings (SSSR count). The van der Waals surface area contributed by atoms with E-state index in [1.165, 1.54) is 17.2 Å². The molecule has 0 aliphatic heterocycles. The molecular weight excluding hydrogens is 937 g/mol. The zero-order valence-corrected chi connectivity index (χ0v) is 46.5. The summed E-state index contributed by atoms with van der Waals surface area (Å²) in [7, 11) is -15.6. The molecule has 0 heterocycles. The number of hydrogen-bond acceptors (Lipinski definition) is 8. The molecule has 0 aliphatic carbocycles. The van der Waals surface area contributed by atoms with Gasteiger partial charge in [0.25, 0.3) is 0 Å². The Balaban J connectivity index is 1.56. The van der Waals surface area contributed by atoms with Crippen molar-refractivity contribution in [3.8, 4) is 0 Å². The van der Waals surface area contributed by atoms with Crippen LogP contribution >= 0.6 is 0 Å². The quantitative estimate of drug-likeness (QED) is 0.0596. The van der Waals surface area contributed by atoms with E-state index < -0.39 is 40.1 Å². The highest BCUT2D eigenvalue weighted by Crippen LogP contribution is 2.30. The third-order valence-electron chi connectivity index (χ3n) is 12.7. The smallest absolute Gasteiger partial charge is 0.207 e. The number of hydrogen-bond donors (Lipinski definition) is 0. The van der Waals surface area contributed by atoms with Crippen molar-refractivity contribution in [1.29, 1.82) is 0 Å². The van der Waals surface area contributed by atoms with Crippen LogP contribution in [0.25, 0.3) is 0 Å². The van der Waals surface area contributed by atoms with Crippen LogP contribution in [0.5, 0.6) is 0 Å². The molecule has 68 heavy (non-hydrogen) atoms. The summed E-state index contributed by atoms with van der Waals surface area (Å²) in [5.41, 5.74) is 9.19. The van der Waals surface area contributed by atoms with Crippen molar-refractivity contribution in [3.05, 3.63) is 115 Å². The van der Waals surface area contributed by atoms with Gasteiger partial charge in [-0.25, -0.2) is 33.7 Å². The SMILES string of the molecule is CCN(CCCCN(CCCCN(CCCCN(CC)S(=O)(=O)c1c(C)cc(C)cc1C)S(=O)(=O)c1c(C)cc(C)cc1C)S(=O)(=O)c1c(C)cc(C)cc1C)S(=O)(=O)c1c(C)cc(C)cc1C. The molecule has 0 aliphatic rings. The summed E-state index contributed by atoms with van der Waals surface area (Å²) in [4.78, 5) is 1.11. The Morgan fingerprint density at radius 3 is 0.588 bits per heavy atom. The van der Waals surface area contributed by atoms with Gasteiger partial charge in [0.2, 0.25) is 40.1 Å². The molecule has 0 spiro atoms. The van der Waals surface area contributed by atoms with Gasteiger partial charge < -0.3 is 0 Å². The summed E-state index contributed by atoms with van der Waals surface area (Å²) >= 11 is 0. The van der Waals surface area contributed by atoms with Crippen LogP contribution < -0.4 is 0 Å². The van der Waals surface area contributed by atoms with E-state index in [4.69, 9.17) is 0 Å². The molecule has 16 heteroatoms. The van der Waals surface area contributed by atoms with E-state index in [-0.39, 0.29) is 62.1 Å². The van der Waals surface area contributed by atoms with Gasteiger partial charge in [0.15, 0.2) is 0 Å². The van der Waals surface area contributed by atoms with Gasteiger partial charge in [-0.15, -0.1) is 0 Å². The molecule has 0 N–H and O–H groups in total. The molecule has 0 fully saturated rings. The largest absolute Gasteiger partial charge is 0.243 e. The van der Waals surface area contributed by atoms with Crippen molar-refractivity contribution < 1.29 is 33.7 Å². The van der Waals surface area contributed by atoms with Gasteiger partial charge in [0.05, 0.1) is 19.6 Å². The van der Waals surface area contributed by atoms with E-state index in [2.05, 4.69) is 0 Å². The number of rotatable bonds is 25. The predicted molar refractivity (Wildman–Crippen MR) is 277 cm³/mol. The second kappa shape index (κ2) is 23.6. The third kappa shape index (κ3) is 13.3. The average molecular weight is 1020 g/mol. The number of benzene rings is 4. The monoisotopic (exact) mass is 1010 g/mol. The molecule has 0 amide bonds. The Morgan fingerprint density at radius 2 is 0.426 bits per heavy atom. The highest BCUT2D eigenvalue weighted by Gasteiger charge is 2.32. The van der Waals surface area contributed by atoms with Gasteiger partial charge in [0.1, 0.15) is 0 Å². The second-order valence-electron chi connectivity index (χ2n) is 18.8. The zero-order chi connectivity index (χ0) is 51.1. The fraction of sp³-hybridized carbons (Fsp3) is 0.538. The third-order valence-corrected chi connectivity index (χ3v) is 21.7. The maximum atomic E-state index is 14.6. The average Bonchev–Trinajstić information content (AvgIpc) is 3.18. The first kappa shape index (κ1) is 57.1. The summed E-state index contributed by atoms with van der Waals surface area (Å²) in [5, 5.41) is 0. The van der Waals surface area contributed by atoms with Crippen LogP contribution in [0.4, 0.5) is 0 Å². The van der Waals surface area contributed by atoms with Crippen LogP contribution in [0.1, 0.15) is 119 Å². The molecule has 0 atom stereocenters. The number of nitrogens with zero attached hydrogens (tertiary/aromatic N) is 4. The summed E-state index contributed by atoms with van der Waals surface area (Å²) in [5.74, 6) is 0. The molecule has 0 radical (unpaired) electrons.